The number of esters is 1. The average molecular weight is 451 g/mol. The van der Waals surface area contributed by atoms with E-state index in [4.69, 9.17) is 9.84 Å². The van der Waals surface area contributed by atoms with Gasteiger partial charge in [0.15, 0.2) is 0 Å². The van der Waals surface area contributed by atoms with E-state index in [0.29, 0.717) is 0 Å². The Hall–Kier alpha value is 0.380. The molecule has 1 saturated carbocycles. The Balaban J connectivity index is 2.65. The highest BCUT2D eigenvalue weighted by molar-refractivity contribution is 9.40. The molecule has 0 heterocycles. The summed E-state index contributed by atoms with van der Waals surface area (Å²) in [4.78, 5) is 22.6. The minimum atomic E-state index is -1.14. The zero-order valence-electron chi connectivity index (χ0n) is 9.70. The molecule has 0 bridgehead atoms. The molecular weight excluding hydrogens is 436 g/mol. The molecule has 1 aliphatic carbocycles. The van der Waals surface area contributed by atoms with Crippen molar-refractivity contribution in [3.05, 3.63) is 0 Å². The maximum Gasteiger partial charge on any atom is 0.345 e. The third kappa shape index (κ3) is 5.57. The fraction of sp³-hybridized carbons (Fsp3) is 0.818. The highest BCUT2D eigenvalue weighted by atomic mass is 80.0. The number of carboxylic acid groups (broad SMARTS) is 1. The molecule has 0 aromatic heterocycles. The van der Waals surface area contributed by atoms with Gasteiger partial charge in [-0.1, -0.05) is 19.3 Å². The lowest BCUT2D eigenvalue weighted by molar-refractivity contribution is -0.155. The molecule has 0 radical (unpaired) electrons. The quantitative estimate of drug-likeness (QED) is 0.523. The number of halogens is 3. The smallest absolute Gasteiger partial charge is 0.345 e. The molecule has 104 valence electrons. The first-order valence-corrected chi connectivity index (χ1v) is 8.18. The van der Waals surface area contributed by atoms with Crippen molar-refractivity contribution in [3.63, 3.8) is 0 Å². The van der Waals surface area contributed by atoms with Crippen LogP contribution in [0.4, 0.5) is 0 Å². The summed E-state index contributed by atoms with van der Waals surface area (Å²) in [6.07, 6.45) is 4.46. The van der Waals surface area contributed by atoms with Gasteiger partial charge < -0.3 is 9.84 Å². The maximum absolute atomic E-state index is 11.7. The predicted octanol–water partition coefficient (Wildman–Crippen LogP) is 3.79. The summed E-state index contributed by atoms with van der Waals surface area (Å²) in [6.45, 7) is 0. The maximum atomic E-state index is 11.7. The second-order valence-corrected chi connectivity index (χ2v) is 11.2. The lowest BCUT2D eigenvalue weighted by Gasteiger charge is -2.30. The summed E-state index contributed by atoms with van der Waals surface area (Å²) >= 11 is 9.22. The number of ether oxygens (including phenoxy) is 1. The van der Waals surface area contributed by atoms with Gasteiger partial charge in [-0.3, -0.25) is 4.79 Å². The molecule has 0 spiro atoms. The SMILES string of the molecule is O=C(O)CC(OC(=O)C(Br)(Br)Br)C1CCCCC1. The fourth-order valence-corrected chi connectivity index (χ4v) is 2.47. The second kappa shape index (κ2) is 7.24. The summed E-state index contributed by atoms with van der Waals surface area (Å²) in [5.74, 6) is -1.35. The topological polar surface area (TPSA) is 63.6 Å². The molecule has 18 heavy (non-hydrogen) atoms. The molecule has 1 N–H and O–H groups in total. The van der Waals surface area contributed by atoms with Crippen LogP contribution in [-0.4, -0.2) is 25.3 Å². The Morgan fingerprint density at radius 1 is 1.22 bits per heavy atom. The molecule has 0 saturated heterocycles. The van der Waals surface area contributed by atoms with E-state index in [1.807, 2.05) is 0 Å². The number of carboxylic acids is 1. The third-order valence-corrected chi connectivity index (χ3v) is 4.01. The Morgan fingerprint density at radius 3 is 2.22 bits per heavy atom. The minimum Gasteiger partial charge on any atom is -0.481 e. The first-order valence-electron chi connectivity index (χ1n) is 5.80. The van der Waals surface area contributed by atoms with Crippen molar-refractivity contribution >= 4 is 59.7 Å². The van der Waals surface area contributed by atoms with Crippen LogP contribution in [0.5, 0.6) is 0 Å². The Kier molecular flexibility index (Phi) is 6.61. The highest BCUT2D eigenvalue weighted by Crippen LogP contribution is 2.37. The minimum absolute atomic E-state index is 0.139. The van der Waals surface area contributed by atoms with Crippen molar-refractivity contribution in [1.82, 2.24) is 0 Å². The number of alkyl halides is 3. The Bertz CT molecular complexity index is 308. The number of hydrogen-bond donors (Lipinski definition) is 1. The van der Waals surface area contributed by atoms with Gasteiger partial charge in [-0.15, -0.1) is 0 Å². The molecule has 0 amide bonds. The summed E-state index contributed by atoms with van der Waals surface area (Å²) in [6, 6.07) is 0. The summed E-state index contributed by atoms with van der Waals surface area (Å²) < 4.78 is 4.16. The van der Waals surface area contributed by atoms with Crippen LogP contribution in [0, 0.1) is 5.92 Å². The van der Waals surface area contributed by atoms with Crippen LogP contribution in [0.2, 0.25) is 0 Å². The van der Waals surface area contributed by atoms with Crippen molar-refractivity contribution in [2.24, 2.45) is 5.92 Å². The van der Waals surface area contributed by atoms with E-state index in [2.05, 4.69) is 47.8 Å². The van der Waals surface area contributed by atoms with Crippen molar-refractivity contribution in [1.29, 1.82) is 0 Å². The summed E-state index contributed by atoms with van der Waals surface area (Å²) in [5.41, 5.74) is 0. The van der Waals surface area contributed by atoms with Gasteiger partial charge in [0.1, 0.15) is 6.10 Å². The van der Waals surface area contributed by atoms with Gasteiger partial charge in [0.25, 0.3) is 0 Å². The molecule has 1 unspecified atom stereocenters. The number of aliphatic carboxylic acids is 1. The van der Waals surface area contributed by atoms with E-state index in [1.165, 1.54) is 6.42 Å². The number of carbonyl (C=O) groups is 2. The van der Waals surface area contributed by atoms with Crippen LogP contribution in [0.15, 0.2) is 0 Å². The van der Waals surface area contributed by atoms with Gasteiger partial charge in [-0.25, -0.2) is 4.79 Å². The lowest BCUT2D eigenvalue weighted by atomic mass is 9.84. The first-order chi connectivity index (χ1) is 8.30. The van der Waals surface area contributed by atoms with E-state index in [1.54, 1.807) is 0 Å². The van der Waals surface area contributed by atoms with Gasteiger partial charge in [-0.2, -0.15) is 0 Å². The third-order valence-electron chi connectivity index (χ3n) is 3.04. The summed E-state index contributed by atoms with van der Waals surface area (Å²) in [5, 5.41) is 8.90. The molecule has 1 rings (SSSR count). The molecule has 0 aromatic carbocycles. The van der Waals surface area contributed by atoms with E-state index < -0.39 is 20.2 Å². The molecule has 4 nitrogen and oxygen atoms in total. The molecule has 1 atom stereocenters. The van der Waals surface area contributed by atoms with Crippen molar-refractivity contribution in [2.45, 2.75) is 46.8 Å². The van der Waals surface area contributed by atoms with Crippen molar-refractivity contribution in [2.75, 3.05) is 0 Å². The van der Waals surface area contributed by atoms with E-state index >= 15 is 0 Å². The van der Waals surface area contributed by atoms with E-state index in [9.17, 15) is 9.59 Å². The molecule has 0 aliphatic heterocycles. The van der Waals surface area contributed by atoms with Gasteiger partial charge in [0.2, 0.25) is 2.14 Å². The first kappa shape index (κ1) is 16.4. The zero-order chi connectivity index (χ0) is 13.8. The fourth-order valence-electron chi connectivity index (χ4n) is 2.19. The second-order valence-electron chi connectivity index (χ2n) is 4.44. The van der Waals surface area contributed by atoms with E-state index in [0.717, 1.165) is 25.7 Å². The van der Waals surface area contributed by atoms with E-state index in [-0.39, 0.29) is 12.3 Å². The standard InChI is InChI=1S/C11H15Br3O4/c12-11(13,14)10(17)18-8(6-9(15)16)7-4-2-1-3-5-7/h7-8H,1-6H2,(H,15,16). The van der Waals surface area contributed by atoms with Crippen LogP contribution < -0.4 is 0 Å². The number of carbonyl (C=O) groups excluding carboxylic acids is 1. The average Bonchev–Trinajstić information content (AvgIpc) is 2.27. The van der Waals surface area contributed by atoms with Crippen molar-refractivity contribution < 1.29 is 19.4 Å². The van der Waals surface area contributed by atoms with Crippen LogP contribution in [0.25, 0.3) is 0 Å². The molecule has 7 heteroatoms. The molecule has 1 fully saturated rings. The van der Waals surface area contributed by atoms with Crippen molar-refractivity contribution in [3.8, 4) is 0 Å². The van der Waals surface area contributed by atoms with Gasteiger partial charge in [-0.05, 0) is 66.5 Å². The Labute approximate surface area is 131 Å². The van der Waals surface area contributed by atoms with Gasteiger partial charge in [0, 0.05) is 0 Å². The Morgan fingerprint density at radius 2 is 1.78 bits per heavy atom. The summed E-state index contributed by atoms with van der Waals surface area (Å²) in [7, 11) is 0. The molecule has 1 aliphatic rings. The van der Waals surface area contributed by atoms with Crippen LogP contribution in [0.3, 0.4) is 0 Å². The molecule has 0 aromatic rings. The highest BCUT2D eigenvalue weighted by Gasteiger charge is 2.36. The van der Waals surface area contributed by atoms with Crippen LogP contribution >= 0.6 is 47.8 Å². The number of rotatable bonds is 4. The normalized spacial score (nSPS) is 19.3. The van der Waals surface area contributed by atoms with Crippen LogP contribution in [-0.2, 0) is 14.3 Å². The largest absolute Gasteiger partial charge is 0.481 e. The zero-order valence-corrected chi connectivity index (χ0v) is 14.5. The lowest BCUT2D eigenvalue weighted by Crippen LogP contribution is -2.34. The monoisotopic (exact) mass is 448 g/mol. The molecular formula is C11H15Br3O4. The van der Waals surface area contributed by atoms with Gasteiger partial charge in [0.05, 0.1) is 6.42 Å². The predicted molar refractivity (Wildman–Crippen MR) is 78.2 cm³/mol. The van der Waals surface area contributed by atoms with Gasteiger partial charge >= 0.3 is 11.9 Å². The number of hydrogen-bond acceptors (Lipinski definition) is 3. The van der Waals surface area contributed by atoms with Crippen LogP contribution in [0.1, 0.15) is 38.5 Å².